The van der Waals surface area contributed by atoms with Gasteiger partial charge in [-0.3, -0.25) is 4.57 Å². The first-order chi connectivity index (χ1) is 8.08. The first-order valence-corrected chi connectivity index (χ1v) is 8.91. The summed E-state index contributed by atoms with van der Waals surface area (Å²) >= 11 is 6.63. The van der Waals surface area contributed by atoms with Crippen molar-refractivity contribution in [3.63, 3.8) is 0 Å². The smallest absolute Gasteiger partial charge is 0.377 e. The SMILES string of the molecule is C=CC[Si]1(Cl)O[C@H](c2ccccc2)C(C)N1C. The van der Waals surface area contributed by atoms with Gasteiger partial charge in [-0.25, -0.2) is 0 Å². The molecular weight excluding hydrogens is 250 g/mol. The Kier molecular flexibility index (Phi) is 3.73. The standard InChI is InChI=1S/C13H18ClNOSi/c1-4-10-17(14)15(3)11(2)13(16-17)12-8-6-5-7-9-12/h4-9,11,13H,1,10H2,2-3H3/t11?,13-,17?/m0/s1. The highest BCUT2D eigenvalue weighted by molar-refractivity contribution is 7.15. The molecule has 0 spiro atoms. The average Bonchev–Trinajstić information content (AvgIpc) is 2.56. The van der Waals surface area contributed by atoms with Crippen LogP contribution in [-0.2, 0) is 4.43 Å². The maximum absolute atomic E-state index is 6.63. The van der Waals surface area contributed by atoms with Crippen LogP contribution in [0.2, 0.25) is 6.04 Å². The van der Waals surface area contributed by atoms with E-state index in [0.29, 0.717) is 6.04 Å². The monoisotopic (exact) mass is 267 g/mol. The molecule has 1 aromatic rings. The van der Waals surface area contributed by atoms with Crippen LogP contribution in [0.1, 0.15) is 18.6 Å². The van der Waals surface area contributed by atoms with Crippen LogP contribution >= 0.6 is 11.1 Å². The molecule has 1 aromatic carbocycles. The predicted octanol–water partition coefficient (Wildman–Crippen LogP) is 3.44. The molecule has 0 aliphatic carbocycles. The van der Waals surface area contributed by atoms with E-state index >= 15 is 0 Å². The van der Waals surface area contributed by atoms with Crippen molar-refractivity contribution in [2.24, 2.45) is 0 Å². The van der Waals surface area contributed by atoms with E-state index in [1.54, 1.807) is 0 Å². The number of nitrogens with zero attached hydrogens (tertiary/aromatic N) is 1. The van der Waals surface area contributed by atoms with Gasteiger partial charge in [0, 0.05) is 12.1 Å². The Bertz CT molecular complexity index is 400. The van der Waals surface area contributed by atoms with E-state index in [9.17, 15) is 0 Å². The fourth-order valence-electron chi connectivity index (χ4n) is 2.24. The molecule has 1 aliphatic heterocycles. The lowest BCUT2D eigenvalue weighted by Crippen LogP contribution is -2.44. The van der Waals surface area contributed by atoms with Crippen LogP contribution in [0.5, 0.6) is 0 Å². The molecule has 2 unspecified atom stereocenters. The Balaban J connectivity index is 2.25. The highest BCUT2D eigenvalue weighted by Crippen LogP contribution is 2.41. The van der Waals surface area contributed by atoms with Gasteiger partial charge in [-0.2, -0.15) is 0 Å². The van der Waals surface area contributed by atoms with Crippen LogP contribution < -0.4 is 0 Å². The topological polar surface area (TPSA) is 12.5 Å². The summed E-state index contributed by atoms with van der Waals surface area (Å²) in [5.41, 5.74) is 1.20. The minimum atomic E-state index is -2.31. The second kappa shape index (κ2) is 4.94. The Hall–Kier alpha value is -0.613. The summed E-state index contributed by atoms with van der Waals surface area (Å²) in [5, 5.41) is 0. The molecule has 2 nitrogen and oxygen atoms in total. The van der Waals surface area contributed by atoms with E-state index in [-0.39, 0.29) is 6.10 Å². The number of allylic oxidation sites excluding steroid dienone is 1. The number of rotatable bonds is 3. The van der Waals surface area contributed by atoms with Crippen LogP contribution in [0, 0.1) is 0 Å². The number of hydrogen-bond donors (Lipinski definition) is 0. The van der Waals surface area contributed by atoms with Gasteiger partial charge in [-0.15, -0.1) is 17.7 Å². The van der Waals surface area contributed by atoms with Gasteiger partial charge in [0.2, 0.25) is 0 Å². The minimum Gasteiger partial charge on any atom is -0.383 e. The third-order valence-electron chi connectivity index (χ3n) is 3.41. The fraction of sp³-hybridized carbons (Fsp3) is 0.385. The molecule has 0 radical (unpaired) electrons. The molecule has 1 heterocycles. The third kappa shape index (κ3) is 2.33. The lowest BCUT2D eigenvalue weighted by molar-refractivity contribution is 0.207. The lowest BCUT2D eigenvalue weighted by atomic mass is 10.0. The van der Waals surface area contributed by atoms with Gasteiger partial charge < -0.3 is 4.43 Å². The van der Waals surface area contributed by atoms with Crippen molar-refractivity contribution in [2.75, 3.05) is 7.05 Å². The van der Waals surface area contributed by atoms with Gasteiger partial charge in [0.25, 0.3) is 0 Å². The van der Waals surface area contributed by atoms with Crippen LogP contribution in [0.25, 0.3) is 0 Å². The molecule has 1 fully saturated rings. The molecule has 0 bridgehead atoms. The Morgan fingerprint density at radius 3 is 2.71 bits per heavy atom. The molecule has 0 N–H and O–H groups in total. The van der Waals surface area contributed by atoms with Crippen molar-refractivity contribution in [1.29, 1.82) is 0 Å². The quantitative estimate of drug-likeness (QED) is 0.473. The van der Waals surface area contributed by atoms with Crippen LogP contribution in [0.4, 0.5) is 0 Å². The fourth-order valence-corrected chi connectivity index (χ4v) is 5.69. The van der Waals surface area contributed by atoms with Gasteiger partial charge in [0.15, 0.2) is 0 Å². The van der Waals surface area contributed by atoms with Gasteiger partial charge >= 0.3 is 7.79 Å². The van der Waals surface area contributed by atoms with Gasteiger partial charge in [-0.05, 0) is 19.5 Å². The van der Waals surface area contributed by atoms with Gasteiger partial charge in [-0.1, -0.05) is 36.4 Å². The molecular formula is C13H18ClNOSi. The zero-order valence-corrected chi connectivity index (χ0v) is 12.0. The van der Waals surface area contributed by atoms with Gasteiger partial charge in [0.05, 0.1) is 6.10 Å². The number of hydrogen-bond acceptors (Lipinski definition) is 2. The van der Waals surface area contributed by atoms with E-state index in [4.69, 9.17) is 15.5 Å². The molecule has 3 atom stereocenters. The van der Waals surface area contributed by atoms with Crippen molar-refractivity contribution in [3.05, 3.63) is 48.6 Å². The summed E-state index contributed by atoms with van der Waals surface area (Å²) in [6.45, 7) is 5.93. The Morgan fingerprint density at radius 2 is 2.12 bits per heavy atom. The van der Waals surface area contributed by atoms with Gasteiger partial charge in [0.1, 0.15) is 0 Å². The molecule has 0 saturated carbocycles. The van der Waals surface area contributed by atoms with E-state index in [0.717, 1.165) is 6.04 Å². The largest absolute Gasteiger partial charge is 0.383 e. The van der Waals surface area contributed by atoms with Crippen molar-refractivity contribution < 1.29 is 4.43 Å². The molecule has 0 aromatic heterocycles. The summed E-state index contributed by atoms with van der Waals surface area (Å²) in [6.07, 6.45) is 1.93. The first kappa shape index (κ1) is 12.8. The summed E-state index contributed by atoms with van der Waals surface area (Å²) in [5.74, 6) is 0. The Morgan fingerprint density at radius 1 is 1.47 bits per heavy atom. The number of benzene rings is 1. The first-order valence-electron chi connectivity index (χ1n) is 5.84. The molecule has 1 saturated heterocycles. The zero-order valence-electron chi connectivity index (χ0n) is 10.3. The summed E-state index contributed by atoms with van der Waals surface area (Å²) in [6, 6.07) is 11.3. The normalized spacial score (nSPS) is 33.8. The van der Waals surface area contributed by atoms with Crippen molar-refractivity contribution >= 4 is 18.9 Å². The average molecular weight is 268 g/mol. The van der Waals surface area contributed by atoms with E-state index in [2.05, 4.69) is 37.2 Å². The second-order valence-electron chi connectivity index (χ2n) is 4.48. The highest BCUT2D eigenvalue weighted by atomic mass is 35.6. The molecule has 2 rings (SSSR count). The number of likely N-dealkylation sites (N-methyl/N-ethyl adjacent to an activating group) is 1. The van der Waals surface area contributed by atoms with Crippen LogP contribution in [-0.4, -0.2) is 25.4 Å². The molecule has 92 valence electrons. The van der Waals surface area contributed by atoms with Crippen molar-refractivity contribution in [3.8, 4) is 0 Å². The maximum atomic E-state index is 6.63. The number of halogens is 1. The minimum absolute atomic E-state index is 0.0744. The maximum Gasteiger partial charge on any atom is 0.377 e. The van der Waals surface area contributed by atoms with Crippen LogP contribution in [0.15, 0.2) is 43.0 Å². The summed E-state index contributed by atoms with van der Waals surface area (Å²) in [4.78, 5) is 0. The third-order valence-corrected chi connectivity index (χ3v) is 7.81. The molecule has 1 aliphatic rings. The Labute approximate surface area is 109 Å². The predicted molar refractivity (Wildman–Crippen MR) is 74.1 cm³/mol. The highest BCUT2D eigenvalue weighted by Gasteiger charge is 2.51. The van der Waals surface area contributed by atoms with E-state index in [1.165, 1.54) is 5.56 Å². The van der Waals surface area contributed by atoms with Crippen molar-refractivity contribution in [1.82, 2.24) is 4.57 Å². The lowest BCUT2D eigenvalue weighted by Gasteiger charge is -2.24. The van der Waals surface area contributed by atoms with Crippen LogP contribution in [0.3, 0.4) is 0 Å². The molecule has 17 heavy (non-hydrogen) atoms. The van der Waals surface area contributed by atoms with E-state index < -0.39 is 7.79 Å². The molecule has 4 heteroatoms. The zero-order chi connectivity index (χ0) is 12.5. The molecule has 0 amide bonds. The van der Waals surface area contributed by atoms with E-state index in [1.807, 2.05) is 24.3 Å². The second-order valence-corrected chi connectivity index (χ2v) is 8.98. The summed E-state index contributed by atoms with van der Waals surface area (Å²) < 4.78 is 8.36. The summed E-state index contributed by atoms with van der Waals surface area (Å²) in [7, 11) is -0.259. The van der Waals surface area contributed by atoms with Crippen molar-refractivity contribution in [2.45, 2.75) is 25.1 Å².